The summed E-state index contributed by atoms with van der Waals surface area (Å²) >= 11 is 6.14. The highest BCUT2D eigenvalue weighted by Gasteiger charge is 2.31. The fourth-order valence-corrected chi connectivity index (χ4v) is 4.55. The van der Waals surface area contributed by atoms with Crippen LogP contribution >= 0.6 is 11.6 Å². The van der Waals surface area contributed by atoms with Gasteiger partial charge in [-0.2, -0.15) is 0 Å². The Balaban J connectivity index is 1.41. The minimum atomic E-state index is -0.281. The number of morpholine rings is 1. The van der Waals surface area contributed by atoms with Crippen LogP contribution in [0.1, 0.15) is 23.1 Å². The minimum absolute atomic E-state index is 0.0398. The highest BCUT2D eigenvalue weighted by Crippen LogP contribution is 2.29. The average Bonchev–Trinajstić information content (AvgIpc) is 2.79. The topological polar surface area (TPSA) is 65.0 Å². The molecule has 0 aromatic heterocycles. The van der Waals surface area contributed by atoms with Crippen LogP contribution in [0, 0.1) is 0 Å². The largest absolute Gasteiger partial charge is 0.508 e. The highest BCUT2D eigenvalue weighted by molar-refractivity contribution is 6.30. The predicted molar refractivity (Wildman–Crippen MR) is 121 cm³/mol. The maximum absolute atomic E-state index is 13.1. The zero-order chi connectivity index (χ0) is 21.6. The van der Waals surface area contributed by atoms with Gasteiger partial charge < -0.3 is 15.2 Å². The average molecular weight is 444 g/mol. The second-order valence-corrected chi connectivity index (χ2v) is 8.70. The summed E-state index contributed by atoms with van der Waals surface area (Å²) in [6.45, 7) is 6.26. The molecule has 1 fully saturated rings. The van der Waals surface area contributed by atoms with Crippen molar-refractivity contribution in [3.05, 3.63) is 64.2 Å². The van der Waals surface area contributed by atoms with Crippen LogP contribution in [0.5, 0.6) is 5.75 Å². The summed E-state index contributed by atoms with van der Waals surface area (Å²) in [5.41, 5.74) is 3.17. The molecule has 0 saturated carbocycles. The molecule has 0 aliphatic carbocycles. The third kappa shape index (κ3) is 5.77. The molecule has 2 aliphatic heterocycles. The van der Waals surface area contributed by atoms with E-state index in [2.05, 4.69) is 27.2 Å². The monoisotopic (exact) mass is 443 g/mol. The van der Waals surface area contributed by atoms with Crippen LogP contribution in [-0.2, 0) is 29.0 Å². The molecule has 2 N–H and O–H groups in total. The molecule has 6 nitrogen and oxygen atoms in total. The highest BCUT2D eigenvalue weighted by atomic mass is 35.5. The smallest absolute Gasteiger partial charge is 0.237 e. The Hall–Kier alpha value is -2.12. The van der Waals surface area contributed by atoms with E-state index in [0.717, 1.165) is 44.8 Å². The summed E-state index contributed by atoms with van der Waals surface area (Å²) < 4.78 is 5.39. The van der Waals surface area contributed by atoms with Crippen molar-refractivity contribution < 1.29 is 14.6 Å². The number of phenols is 1. The van der Waals surface area contributed by atoms with Gasteiger partial charge in [-0.25, -0.2) is 0 Å². The number of carbonyl (C=O) groups is 1. The van der Waals surface area contributed by atoms with Crippen molar-refractivity contribution in [2.45, 2.75) is 32.0 Å². The number of rotatable bonds is 7. The van der Waals surface area contributed by atoms with Crippen LogP contribution in [-0.4, -0.2) is 66.2 Å². The number of nitrogens with zero attached hydrogens (tertiary/aromatic N) is 2. The van der Waals surface area contributed by atoms with E-state index in [1.54, 1.807) is 18.2 Å². The Bertz CT molecular complexity index is 901. The number of hydrogen-bond acceptors (Lipinski definition) is 5. The van der Waals surface area contributed by atoms with E-state index in [1.165, 1.54) is 11.1 Å². The van der Waals surface area contributed by atoms with E-state index in [9.17, 15) is 9.90 Å². The van der Waals surface area contributed by atoms with Crippen LogP contribution in [0.25, 0.3) is 0 Å². The molecule has 166 valence electrons. The van der Waals surface area contributed by atoms with E-state index in [-0.39, 0.29) is 17.7 Å². The van der Waals surface area contributed by atoms with Gasteiger partial charge in [0.15, 0.2) is 0 Å². The van der Waals surface area contributed by atoms with Crippen molar-refractivity contribution >= 4 is 17.5 Å². The molecule has 2 heterocycles. The number of amides is 1. The first-order valence-corrected chi connectivity index (χ1v) is 11.3. The van der Waals surface area contributed by atoms with Gasteiger partial charge in [-0.1, -0.05) is 35.9 Å². The summed E-state index contributed by atoms with van der Waals surface area (Å²) in [6, 6.07) is 13.0. The Morgan fingerprint density at radius 1 is 1.16 bits per heavy atom. The van der Waals surface area contributed by atoms with E-state index in [4.69, 9.17) is 16.3 Å². The molecule has 1 amide bonds. The lowest BCUT2D eigenvalue weighted by Gasteiger charge is -2.36. The van der Waals surface area contributed by atoms with Crippen LogP contribution < -0.4 is 5.32 Å². The molecule has 1 atom stereocenters. The maximum atomic E-state index is 13.1. The lowest BCUT2D eigenvalue weighted by molar-refractivity contribution is -0.127. The van der Waals surface area contributed by atoms with Gasteiger partial charge in [-0.05, 0) is 48.7 Å². The van der Waals surface area contributed by atoms with Gasteiger partial charge in [-0.15, -0.1) is 0 Å². The first-order chi connectivity index (χ1) is 15.1. The van der Waals surface area contributed by atoms with Crippen LogP contribution in [0.3, 0.4) is 0 Å². The van der Waals surface area contributed by atoms with Crippen LogP contribution in [0.2, 0.25) is 5.02 Å². The number of carbonyl (C=O) groups excluding carboxylic acids is 1. The second kappa shape index (κ2) is 10.5. The molecule has 2 aliphatic rings. The first kappa shape index (κ1) is 22.1. The van der Waals surface area contributed by atoms with Crippen LogP contribution in [0.15, 0.2) is 42.5 Å². The van der Waals surface area contributed by atoms with Gasteiger partial charge >= 0.3 is 0 Å². The van der Waals surface area contributed by atoms with Crippen molar-refractivity contribution in [3.63, 3.8) is 0 Å². The number of halogens is 1. The van der Waals surface area contributed by atoms with Crippen molar-refractivity contribution in [1.82, 2.24) is 15.1 Å². The molecule has 2 aromatic carbocycles. The Labute approximate surface area is 188 Å². The number of nitrogens with one attached hydrogen (secondary N) is 1. The first-order valence-electron chi connectivity index (χ1n) is 11.0. The molecule has 4 rings (SSSR count). The van der Waals surface area contributed by atoms with Crippen LogP contribution in [0.4, 0.5) is 0 Å². The molecule has 31 heavy (non-hydrogen) atoms. The second-order valence-electron chi connectivity index (χ2n) is 8.27. The maximum Gasteiger partial charge on any atom is 0.237 e. The summed E-state index contributed by atoms with van der Waals surface area (Å²) in [4.78, 5) is 17.6. The number of fused-ring (bicyclic) bond motifs is 1. The summed E-state index contributed by atoms with van der Waals surface area (Å²) in [6.07, 6.45) is 1.58. The zero-order valence-corrected chi connectivity index (χ0v) is 18.5. The van der Waals surface area contributed by atoms with Crippen molar-refractivity contribution in [2.24, 2.45) is 0 Å². The third-order valence-electron chi connectivity index (χ3n) is 6.12. The molecular weight excluding hydrogens is 414 g/mol. The normalized spacial score (nSPS) is 19.7. The molecule has 2 aromatic rings. The molecule has 7 heteroatoms. The lowest BCUT2D eigenvalue weighted by Crippen LogP contribution is -2.50. The Kier molecular flexibility index (Phi) is 7.45. The SMILES string of the molecule is O=C(NCCCN1CCOCC1)C1Cc2ccccc2CN1Cc1cc(Cl)ccc1O. The predicted octanol–water partition coefficient (Wildman–Crippen LogP) is 2.81. The van der Waals surface area contributed by atoms with Gasteiger partial charge in [-0.3, -0.25) is 14.6 Å². The summed E-state index contributed by atoms with van der Waals surface area (Å²) in [5.74, 6) is 0.242. The fourth-order valence-electron chi connectivity index (χ4n) is 4.36. The number of ether oxygens (including phenoxy) is 1. The van der Waals surface area contributed by atoms with Gasteiger partial charge in [0, 0.05) is 43.3 Å². The minimum Gasteiger partial charge on any atom is -0.508 e. The van der Waals surface area contributed by atoms with E-state index in [0.29, 0.717) is 31.1 Å². The zero-order valence-electron chi connectivity index (χ0n) is 17.7. The molecule has 0 spiro atoms. The number of phenolic OH excluding ortho intramolecular Hbond substituents is 1. The fraction of sp³-hybridized carbons (Fsp3) is 0.458. The quantitative estimate of drug-likeness (QED) is 0.644. The summed E-state index contributed by atoms with van der Waals surface area (Å²) in [5, 5.41) is 14.0. The van der Waals surface area contributed by atoms with E-state index < -0.39 is 0 Å². The third-order valence-corrected chi connectivity index (χ3v) is 6.35. The number of benzene rings is 2. The van der Waals surface area contributed by atoms with E-state index >= 15 is 0 Å². The lowest BCUT2D eigenvalue weighted by atomic mass is 9.93. The molecule has 1 unspecified atom stereocenters. The molecule has 1 saturated heterocycles. The Morgan fingerprint density at radius 3 is 2.74 bits per heavy atom. The summed E-state index contributed by atoms with van der Waals surface area (Å²) in [7, 11) is 0. The van der Waals surface area contributed by atoms with Gasteiger partial charge in [0.1, 0.15) is 5.75 Å². The van der Waals surface area contributed by atoms with Gasteiger partial charge in [0.2, 0.25) is 5.91 Å². The van der Waals surface area contributed by atoms with Crippen molar-refractivity contribution in [3.8, 4) is 5.75 Å². The molecular formula is C24H30ClN3O3. The van der Waals surface area contributed by atoms with Gasteiger partial charge in [0.25, 0.3) is 0 Å². The molecule has 0 bridgehead atoms. The van der Waals surface area contributed by atoms with Crippen molar-refractivity contribution in [2.75, 3.05) is 39.4 Å². The number of hydrogen-bond donors (Lipinski definition) is 2. The standard InChI is InChI=1S/C24H30ClN3O3/c25-21-6-7-23(29)20(14-21)17-28-16-19-5-2-1-4-18(19)15-22(28)24(30)26-8-3-9-27-10-12-31-13-11-27/h1-2,4-7,14,22,29H,3,8-13,15-17H2,(H,26,30). The van der Waals surface area contributed by atoms with Gasteiger partial charge in [0.05, 0.1) is 19.3 Å². The Morgan fingerprint density at radius 2 is 1.94 bits per heavy atom. The van der Waals surface area contributed by atoms with E-state index in [1.807, 2.05) is 12.1 Å². The van der Waals surface area contributed by atoms with Crippen molar-refractivity contribution in [1.29, 1.82) is 0 Å². The molecule has 0 radical (unpaired) electrons. The number of aromatic hydroxyl groups is 1.